The lowest BCUT2D eigenvalue weighted by molar-refractivity contribution is -0.147. The summed E-state index contributed by atoms with van der Waals surface area (Å²) in [6, 6.07) is 0. The first-order valence-electron chi connectivity index (χ1n) is 5.50. The van der Waals surface area contributed by atoms with Crippen LogP contribution in [0, 0.1) is 0 Å². The van der Waals surface area contributed by atoms with Crippen LogP contribution in [-0.2, 0) is 19.4 Å². The van der Waals surface area contributed by atoms with Crippen molar-refractivity contribution in [3.63, 3.8) is 0 Å². The zero-order chi connectivity index (χ0) is 13.3. The summed E-state index contributed by atoms with van der Waals surface area (Å²) >= 11 is 0. The Kier molecular flexibility index (Phi) is 3.81. The molecule has 0 aromatic heterocycles. The number of hydrogen-bond donors (Lipinski definition) is 1. The van der Waals surface area contributed by atoms with Crippen LogP contribution in [0.1, 0.15) is 20.8 Å². The number of nitrogens with zero attached hydrogens (tertiary/aromatic N) is 1. The molecule has 7 heteroatoms. The molecule has 17 heavy (non-hydrogen) atoms. The van der Waals surface area contributed by atoms with Crippen LogP contribution < -0.4 is 5.32 Å². The zero-order valence-electron chi connectivity index (χ0n) is 10.3. The second kappa shape index (κ2) is 4.64. The van der Waals surface area contributed by atoms with E-state index in [1.54, 1.807) is 13.8 Å². The largest absolute Gasteiger partial charge is 0.352 e. The van der Waals surface area contributed by atoms with Gasteiger partial charge in [0.05, 0.1) is 0 Å². The van der Waals surface area contributed by atoms with E-state index < -0.39 is 27.0 Å². The fraction of sp³-hybridized carbons (Fsp3) is 0.800. The number of amides is 2. The highest BCUT2D eigenvalue weighted by Crippen LogP contribution is 2.18. The molecule has 0 atom stereocenters. The maximum Gasteiger partial charge on any atom is 0.245 e. The van der Waals surface area contributed by atoms with Crippen LogP contribution in [-0.4, -0.2) is 55.3 Å². The molecular weight excluding hydrogens is 244 g/mol. The number of sulfone groups is 1. The minimum Gasteiger partial charge on any atom is -0.352 e. The van der Waals surface area contributed by atoms with Crippen LogP contribution in [0.3, 0.4) is 0 Å². The van der Waals surface area contributed by atoms with Gasteiger partial charge in [0.1, 0.15) is 11.3 Å². The van der Waals surface area contributed by atoms with Crippen molar-refractivity contribution in [3.05, 3.63) is 0 Å². The van der Waals surface area contributed by atoms with E-state index in [2.05, 4.69) is 5.32 Å². The van der Waals surface area contributed by atoms with Gasteiger partial charge >= 0.3 is 0 Å². The van der Waals surface area contributed by atoms with Crippen molar-refractivity contribution in [1.29, 1.82) is 0 Å². The summed E-state index contributed by atoms with van der Waals surface area (Å²) in [7, 11) is -3.36. The summed E-state index contributed by atoms with van der Waals surface area (Å²) in [4.78, 5) is 24.8. The maximum absolute atomic E-state index is 11.9. The van der Waals surface area contributed by atoms with E-state index in [0.29, 0.717) is 13.1 Å². The fourth-order valence-corrected chi connectivity index (χ4v) is 2.44. The fourth-order valence-electron chi connectivity index (χ4n) is 1.70. The van der Waals surface area contributed by atoms with Gasteiger partial charge in [0.25, 0.3) is 0 Å². The molecule has 1 heterocycles. The minimum atomic E-state index is -3.36. The van der Waals surface area contributed by atoms with Crippen molar-refractivity contribution in [2.45, 2.75) is 26.3 Å². The Bertz CT molecular complexity index is 428. The Morgan fingerprint density at radius 3 is 2.59 bits per heavy atom. The average Bonchev–Trinajstić information content (AvgIpc) is 2.21. The number of hydrogen-bond acceptors (Lipinski definition) is 4. The third-order valence-corrected chi connectivity index (χ3v) is 4.50. The first-order chi connectivity index (χ1) is 7.70. The lowest BCUT2D eigenvalue weighted by atomic mass is 9.99. The standard InChI is InChI=1S/C10H18N2O4S/c1-4-17(15,16)7-8(13)12-6-5-11-9(14)10(12,2)3/h4-7H2,1-3H3,(H,11,14). The second-order valence-electron chi connectivity index (χ2n) is 4.54. The molecule has 1 aliphatic heterocycles. The highest BCUT2D eigenvalue weighted by molar-refractivity contribution is 7.92. The molecular formula is C10H18N2O4S. The average molecular weight is 262 g/mol. The van der Waals surface area contributed by atoms with E-state index in [0.717, 1.165) is 0 Å². The topological polar surface area (TPSA) is 83.6 Å². The molecule has 1 N–H and O–H groups in total. The Morgan fingerprint density at radius 2 is 2.06 bits per heavy atom. The summed E-state index contributed by atoms with van der Waals surface area (Å²) in [6.07, 6.45) is 0. The SMILES string of the molecule is CCS(=O)(=O)CC(=O)N1CCNC(=O)C1(C)C. The molecule has 0 aromatic carbocycles. The van der Waals surface area contributed by atoms with Gasteiger partial charge in [0.2, 0.25) is 11.8 Å². The van der Waals surface area contributed by atoms with Crippen LogP contribution >= 0.6 is 0 Å². The summed E-state index contributed by atoms with van der Waals surface area (Å²) in [5, 5.41) is 2.65. The van der Waals surface area contributed by atoms with Crippen LogP contribution in [0.2, 0.25) is 0 Å². The van der Waals surface area contributed by atoms with E-state index in [9.17, 15) is 18.0 Å². The normalized spacial score (nSPS) is 19.9. The smallest absolute Gasteiger partial charge is 0.245 e. The van der Waals surface area contributed by atoms with Crippen molar-refractivity contribution in [2.24, 2.45) is 0 Å². The van der Waals surface area contributed by atoms with Crippen molar-refractivity contribution < 1.29 is 18.0 Å². The van der Waals surface area contributed by atoms with Crippen LogP contribution in [0.15, 0.2) is 0 Å². The molecule has 98 valence electrons. The van der Waals surface area contributed by atoms with Crippen molar-refractivity contribution in [1.82, 2.24) is 10.2 Å². The molecule has 1 fully saturated rings. The van der Waals surface area contributed by atoms with Gasteiger partial charge in [-0.3, -0.25) is 9.59 Å². The molecule has 0 radical (unpaired) electrons. The minimum absolute atomic E-state index is 0.0702. The molecule has 0 aliphatic carbocycles. The Hall–Kier alpha value is -1.11. The highest BCUT2D eigenvalue weighted by Gasteiger charge is 2.41. The lowest BCUT2D eigenvalue weighted by Gasteiger charge is -2.41. The van der Waals surface area contributed by atoms with E-state index in [1.165, 1.54) is 11.8 Å². The molecule has 0 aromatic rings. The zero-order valence-corrected chi connectivity index (χ0v) is 11.1. The van der Waals surface area contributed by atoms with Gasteiger partial charge in [0, 0.05) is 18.8 Å². The molecule has 2 amide bonds. The third-order valence-electron chi connectivity index (χ3n) is 2.94. The van der Waals surface area contributed by atoms with Gasteiger partial charge in [-0.05, 0) is 13.8 Å². The Morgan fingerprint density at radius 1 is 1.47 bits per heavy atom. The van der Waals surface area contributed by atoms with Crippen molar-refractivity contribution in [2.75, 3.05) is 24.6 Å². The maximum atomic E-state index is 11.9. The van der Waals surface area contributed by atoms with Crippen LogP contribution in [0.4, 0.5) is 0 Å². The molecule has 0 spiro atoms. The number of piperazine rings is 1. The van der Waals surface area contributed by atoms with Gasteiger partial charge in [-0.25, -0.2) is 8.42 Å². The van der Waals surface area contributed by atoms with E-state index in [1.807, 2.05) is 0 Å². The second-order valence-corrected chi connectivity index (χ2v) is 6.89. The predicted molar refractivity (Wildman–Crippen MR) is 63.1 cm³/mol. The van der Waals surface area contributed by atoms with Crippen molar-refractivity contribution >= 4 is 21.7 Å². The van der Waals surface area contributed by atoms with Crippen LogP contribution in [0.5, 0.6) is 0 Å². The number of carbonyl (C=O) groups excluding carboxylic acids is 2. The van der Waals surface area contributed by atoms with Crippen LogP contribution in [0.25, 0.3) is 0 Å². The Balaban J connectivity index is 2.85. The molecule has 1 rings (SSSR count). The quantitative estimate of drug-likeness (QED) is 0.718. The first-order valence-corrected chi connectivity index (χ1v) is 7.32. The molecule has 0 saturated carbocycles. The summed E-state index contributed by atoms with van der Waals surface area (Å²) < 4.78 is 22.8. The number of rotatable bonds is 3. The van der Waals surface area contributed by atoms with Gasteiger partial charge in [0.15, 0.2) is 9.84 Å². The number of carbonyl (C=O) groups is 2. The van der Waals surface area contributed by atoms with E-state index >= 15 is 0 Å². The number of nitrogens with one attached hydrogen (secondary N) is 1. The van der Waals surface area contributed by atoms with Gasteiger partial charge < -0.3 is 10.2 Å². The van der Waals surface area contributed by atoms with E-state index in [4.69, 9.17) is 0 Å². The summed E-state index contributed by atoms with van der Waals surface area (Å²) in [5.41, 5.74) is -0.988. The van der Waals surface area contributed by atoms with Crippen molar-refractivity contribution in [3.8, 4) is 0 Å². The van der Waals surface area contributed by atoms with E-state index in [-0.39, 0.29) is 11.7 Å². The highest BCUT2D eigenvalue weighted by atomic mass is 32.2. The third kappa shape index (κ3) is 2.96. The predicted octanol–water partition coefficient (Wildman–Crippen LogP) is -0.842. The van der Waals surface area contributed by atoms with Gasteiger partial charge in [-0.2, -0.15) is 0 Å². The summed E-state index contributed by atoms with van der Waals surface area (Å²) in [6.45, 7) is 5.42. The molecule has 0 unspecified atom stereocenters. The molecule has 1 saturated heterocycles. The van der Waals surface area contributed by atoms with Gasteiger partial charge in [-0.15, -0.1) is 0 Å². The molecule has 6 nitrogen and oxygen atoms in total. The lowest BCUT2D eigenvalue weighted by Crippen LogP contribution is -2.64. The monoisotopic (exact) mass is 262 g/mol. The first kappa shape index (κ1) is 14.0. The Labute approximate surface area is 101 Å². The molecule has 0 bridgehead atoms. The van der Waals surface area contributed by atoms with Gasteiger partial charge in [-0.1, -0.05) is 6.92 Å². The summed E-state index contributed by atoms with van der Waals surface area (Å²) in [5.74, 6) is -1.36. The molecule has 1 aliphatic rings.